The molecule has 1 atom stereocenters. The minimum absolute atomic E-state index is 0.0622. The molecule has 0 bridgehead atoms. The molecule has 3 rings (SSSR count). The predicted molar refractivity (Wildman–Crippen MR) is 117 cm³/mol. The molecule has 8 heteroatoms. The molecule has 0 spiro atoms. The average Bonchev–Trinajstić information content (AvgIpc) is 2.73. The van der Waals surface area contributed by atoms with Gasteiger partial charge in [0.15, 0.2) is 11.5 Å². The summed E-state index contributed by atoms with van der Waals surface area (Å²) in [6, 6.07) is 11.2. The van der Waals surface area contributed by atoms with E-state index in [1.165, 1.54) is 4.31 Å². The molecule has 1 aliphatic heterocycles. The predicted octanol–water partition coefficient (Wildman–Crippen LogP) is 4.10. The highest BCUT2D eigenvalue weighted by molar-refractivity contribution is 9.10. The SMILES string of the molecule is CCN(CC)S(=O)(=O)c1ccc(C(C)NCc2cc(Br)c3c(c2)OCCO3)cc1. The second-order valence-electron chi connectivity index (χ2n) is 6.86. The Kier molecular flexibility index (Phi) is 7.21. The van der Waals surface area contributed by atoms with Crippen LogP contribution in [0.2, 0.25) is 0 Å². The molecule has 158 valence electrons. The highest BCUT2D eigenvalue weighted by Gasteiger charge is 2.21. The van der Waals surface area contributed by atoms with Crippen LogP contribution in [0.4, 0.5) is 0 Å². The van der Waals surface area contributed by atoms with Crippen LogP contribution in [-0.4, -0.2) is 39.0 Å². The van der Waals surface area contributed by atoms with Crippen LogP contribution in [0.1, 0.15) is 37.9 Å². The first-order valence-corrected chi connectivity index (χ1v) is 12.0. The van der Waals surface area contributed by atoms with Gasteiger partial charge in [-0.2, -0.15) is 4.31 Å². The number of benzene rings is 2. The van der Waals surface area contributed by atoms with Crippen molar-refractivity contribution in [1.29, 1.82) is 0 Å². The monoisotopic (exact) mass is 482 g/mol. The Morgan fingerprint density at radius 3 is 2.41 bits per heavy atom. The smallest absolute Gasteiger partial charge is 0.243 e. The Hall–Kier alpha value is -1.61. The topological polar surface area (TPSA) is 67.9 Å². The molecule has 6 nitrogen and oxygen atoms in total. The molecule has 2 aromatic rings. The Labute approximate surface area is 181 Å². The van der Waals surface area contributed by atoms with Crippen LogP contribution in [0, 0.1) is 0 Å². The number of nitrogens with one attached hydrogen (secondary N) is 1. The lowest BCUT2D eigenvalue weighted by Gasteiger charge is -2.21. The number of fused-ring (bicyclic) bond motifs is 1. The normalized spacial score (nSPS) is 14.8. The fourth-order valence-corrected chi connectivity index (χ4v) is 5.36. The van der Waals surface area contributed by atoms with Crippen molar-refractivity contribution in [2.45, 2.75) is 38.3 Å². The third kappa shape index (κ3) is 4.94. The maximum atomic E-state index is 12.6. The van der Waals surface area contributed by atoms with Gasteiger partial charge in [0.05, 0.1) is 9.37 Å². The second-order valence-corrected chi connectivity index (χ2v) is 9.66. The van der Waals surface area contributed by atoms with Gasteiger partial charge in [-0.25, -0.2) is 8.42 Å². The van der Waals surface area contributed by atoms with Gasteiger partial charge in [0, 0.05) is 25.7 Å². The molecule has 0 saturated heterocycles. The minimum atomic E-state index is -3.43. The molecule has 0 amide bonds. The molecular weight excluding hydrogens is 456 g/mol. The van der Waals surface area contributed by atoms with Crippen molar-refractivity contribution in [2.24, 2.45) is 0 Å². The molecular formula is C21H27BrN2O4S. The first-order chi connectivity index (χ1) is 13.9. The van der Waals surface area contributed by atoms with Gasteiger partial charge in [0.2, 0.25) is 10.0 Å². The van der Waals surface area contributed by atoms with Crippen molar-refractivity contribution in [3.8, 4) is 11.5 Å². The molecule has 0 aliphatic carbocycles. The molecule has 0 saturated carbocycles. The average molecular weight is 483 g/mol. The summed E-state index contributed by atoms with van der Waals surface area (Å²) in [6.45, 7) is 8.43. The van der Waals surface area contributed by atoms with Crippen molar-refractivity contribution in [2.75, 3.05) is 26.3 Å². The van der Waals surface area contributed by atoms with E-state index in [1.807, 2.05) is 38.1 Å². The van der Waals surface area contributed by atoms with Gasteiger partial charge < -0.3 is 14.8 Å². The van der Waals surface area contributed by atoms with Crippen LogP contribution in [-0.2, 0) is 16.6 Å². The van der Waals surface area contributed by atoms with E-state index in [-0.39, 0.29) is 6.04 Å². The number of nitrogens with zero attached hydrogens (tertiary/aromatic N) is 1. The number of sulfonamides is 1. The number of hydrogen-bond donors (Lipinski definition) is 1. The van der Waals surface area contributed by atoms with E-state index in [4.69, 9.17) is 9.47 Å². The van der Waals surface area contributed by atoms with E-state index in [2.05, 4.69) is 28.2 Å². The van der Waals surface area contributed by atoms with Gasteiger partial charge in [-0.05, 0) is 58.2 Å². The Bertz CT molecular complexity index is 944. The highest BCUT2D eigenvalue weighted by Crippen LogP contribution is 2.38. The van der Waals surface area contributed by atoms with E-state index in [1.54, 1.807) is 12.1 Å². The molecule has 1 aliphatic rings. The fraction of sp³-hybridized carbons (Fsp3) is 0.429. The summed E-state index contributed by atoms with van der Waals surface area (Å²) in [5.41, 5.74) is 2.11. The molecule has 29 heavy (non-hydrogen) atoms. The van der Waals surface area contributed by atoms with E-state index in [0.29, 0.717) is 37.7 Å². The van der Waals surface area contributed by atoms with Gasteiger partial charge in [-0.15, -0.1) is 0 Å². The van der Waals surface area contributed by atoms with E-state index >= 15 is 0 Å². The summed E-state index contributed by atoms with van der Waals surface area (Å²) in [6.07, 6.45) is 0. The maximum absolute atomic E-state index is 12.6. The fourth-order valence-electron chi connectivity index (χ4n) is 3.30. The number of hydrogen-bond acceptors (Lipinski definition) is 5. The van der Waals surface area contributed by atoms with Crippen molar-refractivity contribution >= 4 is 26.0 Å². The summed E-state index contributed by atoms with van der Waals surface area (Å²) in [5, 5.41) is 3.48. The Morgan fingerprint density at radius 1 is 1.10 bits per heavy atom. The molecule has 2 aromatic carbocycles. The zero-order chi connectivity index (χ0) is 21.0. The van der Waals surface area contributed by atoms with Crippen LogP contribution < -0.4 is 14.8 Å². The molecule has 0 aromatic heterocycles. The van der Waals surface area contributed by atoms with Gasteiger partial charge in [-0.1, -0.05) is 26.0 Å². The molecule has 1 unspecified atom stereocenters. The quantitative estimate of drug-likeness (QED) is 0.613. The van der Waals surface area contributed by atoms with E-state index < -0.39 is 10.0 Å². The van der Waals surface area contributed by atoms with Crippen LogP contribution in [0.5, 0.6) is 11.5 Å². The van der Waals surface area contributed by atoms with E-state index in [0.717, 1.165) is 27.1 Å². The summed E-state index contributed by atoms with van der Waals surface area (Å²) >= 11 is 3.54. The van der Waals surface area contributed by atoms with Crippen molar-refractivity contribution in [3.05, 3.63) is 52.0 Å². The Morgan fingerprint density at radius 2 is 1.76 bits per heavy atom. The van der Waals surface area contributed by atoms with Crippen molar-refractivity contribution in [1.82, 2.24) is 9.62 Å². The standard InChI is InChI=1S/C21H27BrN2O4S/c1-4-24(5-2)29(25,26)18-8-6-17(7-9-18)15(3)23-14-16-12-19(22)21-20(13-16)27-10-11-28-21/h6-9,12-13,15,23H,4-5,10-11,14H2,1-3H3. The van der Waals surface area contributed by atoms with E-state index in [9.17, 15) is 8.42 Å². The summed E-state index contributed by atoms with van der Waals surface area (Å²) < 4.78 is 38.9. The second kappa shape index (κ2) is 9.47. The zero-order valence-electron chi connectivity index (χ0n) is 16.9. The maximum Gasteiger partial charge on any atom is 0.243 e. The molecule has 1 N–H and O–H groups in total. The van der Waals surface area contributed by atoms with Crippen molar-refractivity contribution in [3.63, 3.8) is 0 Å². The summed E-state index contributed by atoms with van der Waals surface area (Å²) in [5.74, 6) is 1.50. The lowest BCUT2D eigenvalue weighted by Crippen LogP contribution is -2.30. The lowest BCUT2D eigenvalue weighted by atomic mass is 10.1. The summed E-state index contributed by atoms with van der Waals surface area (Å²) in [4.78, 5) is 0.327. The number of ether oxygens (including phenoxy) is 2. The van der Waals surface area contributed by atoms with Crippen LogP contribution in [0.15, 0.2) is 45.8 Å². The van der Waals surface area contributed by atoms with Crippen LogP contribution >= 0.6 is 15.9 Å². The largest absolute Gasteiger partial charge is 0.486 e. The van der Waals surface area contributed by atoms with Crippen LogP contribution in [0.25, 0.3) is 0 Å². The highest BCUT2D eigenvalue weighted by atomic mass is 79.9. The van der Waals surface area contributed by atoms with Crippen molar-refractivity contribution < 1.29 is 17.9 Å². The minimum Gasteiger partial charge on any atom is -0.486 e. The number of rotatable bonds is 8. The third-order valence-electron chi connectivity index (χ3n) is 4.99. The molecule has 1 heterocycles. The van der Waals surface area contributed by atoms with Gasteiger partial charge >= 0.3 is 0 Å². The third-order valence-corrected chi connectivity index (χ3v) is 7.65. The van der Waals surface area contributed by atoms with Gasteiger partial charge in [0.1, 0.15) is 13.2 Å². The zero-order valence-corrected chi connectivity index (χ0v) is 19.3. The molecule has 0 radical (unpaired) electrons. The Balaban J connectivity index is 1.67. The lowest BCUT2D eigenvalue weighted by molar-refractivity contribution is 0.170. The van der Waals surface area contributed by atoms with Crippen LogP contribution in [0.3, 0.4) is 0 Å². The van der Waals surface area contributed by atoms with Gasteiger partial charge in [0.25, 0.3) is 0 Å². The first-order valence-electron chi connectivity index (χ1n) is 9.78. The summed E-state index contributed by atoms with van der Waals surface area (Å²) in [7, 11) is -3.43. The molecule has 0 fully saturated rings. The number of halogens is 1. The van der Waals surface area contributed by atoms with Gasteiger partial charge in [-0.3, -0.25) is 0 Å². The first kappa shape index (κ1) is 22.1.